The molecule has 2 rings (SSSR count). The van der Waals surface area contributed by atoms with Gasteiger partial charge in [-0.15, -0.1) is 24.8 Å². The zero-order valence-electron chi connectivity index (χ0n) is 15.8. The van der Waals surface area contributed by atoms with Gasteiger partial charge >= 0.3 is 0 Å². The molecule has 2 aliphatic heterocycles. The van der Waals surface area contributed by atoms with Crippen molar-refractivity contribution < 1.29 is 4.79 Å². The monoisotopic (exact) mass is 395 g/mol. The summed E-state index contributed by atoms with van der Waals surface area (Å²) in [5, 5.41) is 0. The molecule has 0 aromatic carbocycles. The Morgan fingerprint density at radius 3 is 2.24 bits per heavy atom. The van der Waals surface area contributed by atoms with E-state index in [0.717, 1.165) is 45.3 Å². The van der Waals surface area contributed by atoms with Crippen LogP contribution < -0.4 is 5.73 Å². The first-order chi connectivity index (χ1) is 11.3. The Morgan fingerprint density at radius 1 is 0.880 bits per heavy atom. The molecule has 1 amide bonds. The molecule has 0 aromatic rings. The summed E-state index contributed by atoms with van der Waals surface area (Å²) < 4.78 is 0. The second-order valence-electron chi connectivity index (χ2n) is 7.52. The van der Waals surface area contributed by atoms with Gasteiger partial charge in [0, 0.05) is 26.1 Å². The van der Waals surface area contributed by atoms with Crippen LogP contribution in [0.4, 0.5) is 0 Å². The summed E-state index contributed by atoms with van der Waals surface area (Å²) in [5.41, 5.74) is 5.51. The van der Waals surface area contributed by atoms with E-state index in [1.165, 1.54) is 64.6 Å². The Morgan fingerprint density at radius 2 is 1.56 bits per heavy atom. The minimum atomic E-state index is 0. The zero-order valence-corrected chi connectivity index (χ0v) is 17.4. The molecule has 0 bridgehead atoms. The molecular formula is C19H39Cl2N3O. The number of nitrogens with two attached hydrogens (primary N) is 1. The Hall–Kier alpha value is -0.0300. The predicted octanol–water partition coefficient (Wildman–Crippen LogP) is 3.85. The number of hydrogen-bond acceptors (Lipinski definition) is 3. The standard InChI is InChI=1S/C19H37N3O.2ClH/c20-12-6-2-1-5-11-19(23)22-15-9-10-18(17-22)16-21-13-7-3-4-8-14-21;;/h18H,1-17,20H2;2*1H. The van der Waals surface area contributed by atoms with E-state index in [-0.39, 0.29) is 24.8 Å². The molecule has 2 fully saturated rings. The number of carbonyl (C=O) groups excluding carboxylic acids is 1. The number of halogens is 2. The molecule has 6 heteroatoms. The van der Waals surface area contributed by atoms with E-state index in [1.807, 2.05) is 0 Å². The van der Waals surface area contributed by atoms with Crippen LogP contribution in [0.25, 0.3) is 0 Å². The maximum Gasteiger partial charge on any atom is 0.222 e. The summed E-state index contributed by atoms with van der Waals surface area (Å²) in [6, 6.07) is 0. The number of carbonyl (C=O) groups is 1. The highest BCUT2D eigenvalue weighted by atomic mass is 35.5. The van der Waals surface area contributed by atoms with Crippen molar-refractivity contribution in [2.75, 3.05) is 39.3 Å². The number of rotatable bonds is 8. The van der Waals surface area contributed by atoms with Gasteiger partial charge in [-0.1, -0.05) is 25.7 Å². The van der Waals surface area contributed by atoms with Gasteiger partial charge in [0.05, 0.1) is 0 Å². The summed E-state index contributed by atoms with van der Waals surface area (Å²) in [4.78, 5) is 17.2. The minimum Gasteiger partial charge on any atom is -0.342 e. The van der Waals surface area contributed by atoms with Crippen LogP contribution in [0, 0.1) is 5.92 Å². The van der Waals surface area contributed by atoms with Gasteiger partial charge in [0.1, 0.15) is 0 Å². The van der Waals surface area contributed by atoms with Crippen molar-refractivity contribution in [2.45, 2.75) is 70.6 Å². The lowest BCUT2D eigenvalue weighted by Gasteiger charge is -2.35. The molecule has 2 N–H and O–H groups in total. The second-order valence-corrected chi connectivity index (χ2v) is 7.52. The molecule has 1 unspecified atom stereocenters. The van der Waals surface area contributed by atoms with E-state index in [2.05, 4.69) is 9.80 Å². The molecule has 0 aromatic heterocycles. The van der Waals surface area contributed by atoms with E-state index in [4.69, 9.17) is 5.73 Å². The van der Waals surface area contributed by atoms with Crippen molar-refractivity contribution in [3.63, 3.8) is 0 Å². The third kappa shape index (κ3) is 10.0. The lowest BCUT2D eigenvalue weighted by atomic mass is 9.96. The topological polar surface area (TPSA) is 49.6 Å². The first-order valence-corrected chi connectivity index (χ1v) is 10.00. The fourth-order valence-electron chi connectivity index (χ4n) is 4.06. The lowest BCUT2D eigenvalue weighted by Crippen LogP contribution is -2.43. The lowest BCUT2D eigenvalue weighted by molar-refractivity contribution is -0.133. The summed E-state index contributed by atoms with van der Waals surface area (Å²) in [7, 11) is 0. The van der Waals surface area contributed by atoms with Gasteiger partial charge in [-0.25, -0.2) is 0 Å². The molecule has 1 atom stereocenters. The molecule has 0 aliphatic carbocycles. The van der Waals surface area contributed by atoms with Crippen LogP contribution in [0.2, 0.25) is 0 Å². The Balaban J connectivity index is 0.00000288. The zero-order chi connectivity index (χ0) is 16.3. The van der Waals surface area contributed by atoms with E-state index >= 15 is 0 Å². The Bertz CT molecular complexity index is 337. The first kappa shape index (κ1) is 25.0. The van der Waals surface area contributed by atoms with Crippen LogP contribution in [0.15, 0.2) is 0 Å². The first-order valence-electron chi connectivity index (χ1n) is 10.00. The Kier molecular flexibility index (Phi) is 15.1. The van der Waals surface area contributed by atoms with Crippen LogP contribution in [0.3, 0.4) is 0 Å². The summed E-state index contributed by atoms with van der Waals surface area (Å²) in [6.45, 7) is 6.51. The van der Waals surface area contributed by atoms with Crippen molar-refractivity contribution in [1.82, 2.24) is 9.80 Å². The molecule has 2 heterocycles. The van der Waals surface area contributed by atoms with Crippen molar-refractivity contribution in [2.24, 2.45) is 11.7 Å². The maximum absolute atomic E-state index is 12.4. The second kappa shape index (κ2) is 15.1. The van der Waals surface area contributed by atoms with Crippen LogP contribution in [-0.4, -0.2) is 55.0 Å². The van der Waals surface area contributed by atoms with Gasteiger partial charge in [-0.05, 0) is 64.1 Å². The molecule has 2 saturated heterocycles. The van der Waals surface area contributed by atoms with Gasteiger partial charge in [0.25, 0.3) is 0 Å². The highest BCUT2D eigenvalue weighted by Gasteiger charge is 2.25. The third-order valence-electron chi connectivity index (χ3n) is 5.43. The van der Waals surface area contributed by atoms with Gasteiger partial charge < -0.3 is 15.5 Å². The molecule has 0 spiro atoms. The average molecular weight is 396 g/mol. The summed E-state index contributed by atoms with van der Waals surface area (Å²) in [6.07, 6.45) is 13.2. The van der Waals surface area contributed by atoms with Crippen LogP contribution in [-0.2, 0) is 4.79 Å². The minimum absolute atomic E-state index is 0. The van der Waals surface area contributed by atoms with Crippen LogP contribution in [0.1, 0.15) is 70.6 Å². The fourth-order valence-corrected chi connectivity index (χ4v) is 4.06. The summed E-state index contributed by atoms with van der Waals surface area (Å²) >= 11 is 0. The molecule has 4 nitrogen and oxygen atoms in total. The summed E-state index contributed by atoms with van der Waals surface area (Å²) in [5.74, 6) is 1.08. The van der Waals surface area contributed by atoms with Crippen molar-refractivity contribution in [3.8, 4) is 0 Å². The van der Waals surface area contributed by atoms with Gasteiger partial charge in [-0.2, -0.15) is 0 Å². The van der Waals surface area contributed by atoms with Gasteiger partial charge in [0.15, 0.2) is 0 Å². The van der Waals surface area contributed by atoms with E-state index in [9.17, 15) is 4.79 Å². The van der Waals surface area contributed by atoms with Crippen molar-refractivity contribution in [3.05, 3.63) is 0 Å². The molecule has 2 aliphatic rings. The fraction of sp³-hybridized carbons (Fsp3) is 0.947. The quantitative estimate of drug-likeness (QED) is 0.634. The SMILES string of the molecule is Cl.Cl.NCCCCCCC(=O)N1CCCC(CN2CCCCCC2)C1. The number of nitrogens with zero attached hydrogens (tertiary/aromatic N) is 2. The largest absolute Gasteiger partial charge is 0.342 e. The maximum atomic E-state index is 12.4. The average Bonchev–Trinajstić information content (AvgIpc) is 2.83. The normalized spacial score (nSPS) is 21.8. The third-order valence-corrected chi connectivity index (χ3v) is 5.43. The number of amides is 1. The van der Waals surface area contributed by atoms with E-state index < -0.39 is 0 Å². The van der Waals surface area contributed by atoms with Gasteiger partial charge in [0.2, 0.25) is 5.91 Å². The highest BCUT2D eigenvalue weighted by Crippen LogP contribution is 2.20. The van der Waals surface area contributed by atoms with E-state index in [1.54, 1.807) is 0 Å². The van der Waals surface area contributed by atoms with E-state index in [0.29, 0.717) is 11.8 Å². The molecule has 150 valence electrons. The van der Waals surface area contributed by atoms with Crippen LogP contribution >= 0.6 is 24.8 Å². The van der Waals surface area contributed by atoms with Gasteiger partial charge in [-0.3, -0.25) is 4.79 Å². The molecular weight excluding hydrogens is 357 g/mol. The van der Waals surface area contributed by atoms with Crippen LogP contribution in [0.5, 0.6) is 0 Å². The van der Waals surface area contributed by atoms with Crippen molar-refractivity contribution in [1.29, 1.82) is 0 Å². The smallest absolute Gasteiger partial charge is 0.222 e. The number of piperidine rings is 1. The predicted molar refractivity (Wildman–Crippen MR) is 111 cm³/mol. The Labute approximate surface area is 167 Å². The molecule has 25 heavy (non-hydrogen) atoms. The molecule has 0 saturated carbocycles. The number of hydrogen-bond donors (Lipinski definition) is 1. The van der Waals surface area contributed by atoms with Crippen molar-refractivity contribution >= 4 is 30.7 Å². The highest BCUT2D eigenvalue weighted by molar-refractivity contribution is 5.85. The number of unbranched alkanes of at least 4 members (excludes halogenated alkanes) is 3. The number of likely N-dealkylation sites (tertiary alicyclic amines) is 2. The molecule has 0 radical (unpaired) electrons.